The Morgan fingerprint density at radius 2 is 2.06 bits per heavy atom. The molecule has 2 N–H and O–H groups in total. The Kier molecular flexibility index (Phi) is 5.01. The van der Waals surface area contributed by atoms with Gasteiger partial charge in [-0.05, 0) is 43.5 Å². The zero-order valence-electron chi connectivity index (χ0n) is 11.4. The van der Waals surface area contributed by atoms with Crippen LogP contribution in [0.2, 0.25) is 0 Å². The Morgan fingerprint density at radius 3 is 2.56 bits per heavy atom. The Bertz CT molecular complexity index is 429. The molecular weight excluding hydrogens is 230 g/mol. The third-order valence-corrected chi connectivity index (χ3v) is 3.12. The molecule has 1 atom stereocenters. The summed E-state index contributed by atoms with van der Waals surface area (Å²) in [4.78, 5) is 10.9. The third-order valence-electron chi connectivity index (χ3n) is 3.12. The van der Waals surface area contributed by atoms with Crippen LogP contribution < -0.4 is 10.1 Å². The Labute approximate surface area is 108 Å². The average Bonchev–Trinajstić information content (AvgIpc) is 2.33. The van der Waals surface area contributed by atoms with Gasteiger partial charge in [-0.1, -0.05) is 6.92 Å². The summed E-state index contributed by atoms with van der Waals surface area (Å²) in [5, 5.41) is 12.2. The number of rotatable bonds is 6. The molecule has 0 aliphatic heterocycles. The maximum Gasteiger partial charge on any atom is 0.308 e. The first kappa shape index (κ1) is 14.4. The number of hydrogen-bond acceptors (Lipinski definition) is 3. The third kappa shape index (κ3) is 3.39. The van der Waals surface area contributed by atoms with Crippen molar-refractivity contribution in [3.63, 3.8) is 0 Å². The fraction of sp³-hybridized carbons (Fsp3) is 0.500. The molecule has 1 rings (SSSR count). The summed E-state index contributed by atoms with van der Waals surface area (Å²) < 4.78 is 5.24. The van der Waals surface area contributed by atoms with Crippen molar-refractivity contribution in [2.45, 2.75) is 27.2 Å². The van der Waals surface area contributed by atoms with Gasteiger partial charge in [0.2, 0.25) is 0 Å². The van der Waals surface area contributed by atoms with Crippen molar-refractivity contribution in [1.82, 2.24) is 0 Å². The molecule has 0 heterocycles. The minimum Gasteiger partial charge on any atom is -0.496 e. The number of aryl methyl sites for hydroxylation is 2. The average molecular weight is 251 g/mol. The van der Waals surface area contributed by atoms with E-state index < -0.39 is 5.97 Å². The summed E-state index contributed by atoms with van der Waals surface area (Å²) in [6, 6.07) is 3.95. The molecule has 1 aromatic rings. The van der Waals surface area contributed by atoms with Crippen LogP contribution in [0.25, 0.3) is 0 Å². The summed E-state index contributed by atoms with van der Waals surface area (Å²) in [5.41, 5.74) is 3.06. The van der Waals surface area contributed by atoms with Gasteiger partial charge >= 0.3 is 5.97 Å². The summed E-state index contributed by atoms with van der Waals surface area (Å²) in [6.07, 6.45) is 0.622. The second kappa shape index (κ2) is 6.28. The predicted molar refractivity (Wildman–Crippen MR) is 72.4 cm³/mol. The SMILES string of the molecule is CCC(CNc1cc(C)c(OC)cc1C)C(=O)O. The highest BCUT2D eigenvalue weighted by molar-refractivity contribution is 5.71. The van der Waals surface area contributed by atoms with Gasteiger partial charge < -0.3 is 15.2 Å². The van der Waals surface area contributed by atoms with Gasteiger partial charge in [0.15, 0.2) is 0 Å². The van der Waals surface area contributed by atoms with E-state index in [0.717, 1.165) is 22.6 Å². The van der Waals surface area contributed by atoms with Gasteiger partial charge in [-0.3, -0.25) is 4.79 Å². The number of benzene rings is 1. The molecule has 0 aliphatic carbocycles. The lowest BCUT2D eigenvalue weighted by molar-refractivity contribution is -0.141. The van der Waals surface area contributed by atoms with E-state index in [1.807, 2.05) is 32.9 Å². The van der Waals surface area contributed by atoms with Crippen LogP contribution in [0.3, 0.4) is 0 Å². The van der Waals surface area contributed by atoms with E-state index in [1.54, 1.807) is 7.11 Å². The first-order chi connectivity index (χ1) is 8.49. The van der Waals surface area contributed by atoms with Crippen LogP contribution in [-0.4, -0.2) is 24.7 Å². The van der Waals surface area contributed by atoms with Crippen molar-refractivity contribution >= 4 is 11.7 Å². The van der Waals surface area contributed by atoms with Crippen LogP contribution in [-0.2, 0) is 4.79 Å². The number of nitrogens with one attached hydrogen (secondary N) is 1. The number of anilines is 1. The Morgan fingerprint density at radius 1 is 1.39 bits per heavy atom. The zero-order chi connectivity index (χ0) is 13.7. The standard InChI is InChI=1S/C14H21NO3/c1-5-11(14(16)17)8-15-12-6-10(3)13(18-4)7-9(12)2/h6-7,11,15H,5,8H2,1-4H3,(H,16,17). The first-order valence-corrected chi connectivity index (χ1v) is 6.11. The quantitative estimate of drug-likeness (QED) is 0.816. The highest BCUT2D eigenvalue weighted by Crippen LogP contribution is 2.26. The molecule has 0 saturated heterocycles. The van der Waals surface area contributed by atoms with Gasteiger partial charge in [0.1, 0.15) is 5.75 Å². The molecule has 0 amide bonds. The monoisotopic (exact) mass is 251 g/mol. The summed E-state index contributed by atoms with van der Waals surface area (Å²) in [5.74, 6) is -0.261. The van der Waals surface area contributed by atoms with Crippen molar-refractivity contribution in [2.75, 3.05) is 19.0 Å². The van der Waals surface area contributed by atoms with E-state index in [2.05, 4.69) is 5.32 Å². The number of carboxylic acid groups (broad SMARTS) is 1. The van der Waals surface area contributed by atoms with E-state index >= 15 is 0 Å². The van der Waals surface area contributed by atoms with Gasteiger partial charge in [0, 0.05) is 12.2 Å². The smallest absolute Gasteiger partial charge is 0.308 e. The van der Waals surface area contributed by atoms with Gasteiger partial charge in [0.05, 0.1) is 13.0 Å². The van der Waals surface area contributed by atoms with Crippen molar-refractivity contribution in [1.29, 1.82) is 0 Å². The highest BCUT2D eigenvalue weighted by atomic mass is 16.5. The van der Waals surface area contributed by atoms with E-state index in [9.17, 15) is 4.79 Å². The topological polar surface area (TPSA) is 58.6 Å². The van der Waals surface area contributed by atoms with E-state index in [1.165, 1.54) is 0 Å². The Hall–Kier alpha value is -1.71. The molecule has 0 fully saturated rings. The lowest BCUT2D eigenvalue weighted by Crippen LogP contribution is -2.22. The minimum atomic E-state index is -0.757. The van der Waals surface area contributed by atoms with E-state index in [4.69, 9.17) is 9.84 Å². The number of methoxy groups -OCH3 is 1. The van der Waals surface area contributed by atoms with Gasteiger partial charge in [-0.25, -0.2) is 0 Å². The fourth-order valence-corrected chi connectivity index (χ4v) is 1.84. The number of carbonyl (C=O) groups is 1. The number of ether oxygens (including phenoxy) is 1. The van der Waals surface area contributed by atoms with Crippen LogP contribution in [0.4, 0.5) is 5.69 Å². The second-order valence-corrected chi connectivity index (χ2v) is 4.46. The largest absolute Gasteiger partial charge is 0.496 e. The van der Waals surface area contributed by atoms with Gasteiger partial charge in [-0.15, -0.1) is 0 Å². The van der Waals surface area contributed by atoms with Gasteiger partial charge in [0.25, 0.3) is 0 Å². The molecule has 0 radical (unpaired) electrons. The van der Waals surface area contributed by atoms with Crippen LogP contribution in [0.15, 0.2) is 12.1 Å². The van der Waals surface area contributed by atoms with Crippen LogP contribution >= 0.6 is 0 Å². The lowest BCUT2D eigenvalue weighted by atomic mass is 10.1. The molecule has 0 bridgehead atoms. The molecule has 18 heavy (non-hydrogen) atoms. The molecule has 0 spiro atoms. The molecule has 0 saturated carbocycles. The summed E-state index contributed by atoms with van der Waals surface area (Å²) in [7, 11) is 1.65. The van der Waals surface area contributed by atoms with Crippen molar-refractivity contribution in [3.05, 3.63) is 23.3 Å². The normalized spacial score (nSPS) is 12.0. The fourth-order valence-electron chi connectivity index (χ4n) is 1.84. The summed E-state index contributed by atoms with van der Waals surface area (Å²) >= 11 is 0. The van der Waals surface area contributed by atoms with Crippen molar-refractivity contribution in [2.24, 2.45) is 5.92 Å². The molecule has 1 unspecified atom stereocenters. The molecule has 4 heteroatoms. The van der Waals surface area contributed by atoms with E-state index in [-0.39, 0.29) is 5.92 Å². The van der Waals surface area contributed by atoms with Crippen molar-refractivity contribution in [3.8, 4) is 5.75 Å². The molecule has 100 valence electrons. The van der Waals surface area contributed by atoms with Gasteiger partial charge in [-0.2, -0.15) is 0 Å². The van der Waals surface area contributed by atoms with Crippen LogP contribution in [0.1, 0.15) is 24.5 Å². The zero-order valence-corrected chi connectivity index (χ0v) is 11.4. The summed E-state index contributed by atoms with van der Waals surface area (Å²) in [6.45, 7) is 6.27. The lowest BCUT2D eigenvalue weighted by Gasteiger charge is -2.16. The van der Waals surface area contributed by atoms with Crippen molar-refractivity contribution < 1.29 is 14.6 Å². The van der Waals surface area contributed by atoms with Crippen LogP contribution in [0.5, 0.6) is 5.75 Å². The second-order valence-electron chi connectivity index (χ2n) is 4.46. The first-order valence-electron chi connectivity index (χ1n) is 6.11. The van der Waals surface area contributed by atoms with E-state index in [0.29, 0.717) is 13.0 Å². The number of hydrogen-bond donors (Lipinski definition) is 2. The predicted octanol–water partition coefficient (Wildman–Crippen LogP) is 2.83. The Balaban J connectivity index is 2.79. The molecule has 0 aromatic heterocycles. The highest BCUT2D eigenvalue weighted by Gasteiger charge is 2.15. The minimum absolute atomic E-state index is 0.355. The molecule has 4 nitrogen and oxygen atoms in total. The van der Waals surface area contributed by atoms with Crippen LogP contribution in [0, 0.1) is 19.8 Å². The molecule has 1 aromatic carbocycles. The maximum atomic E-state index is 10.9. The molecule has 0 aliphatic rings. The maximum absolute atomic E-state index is 10.9. The number of aliphatic carboxylic acids is 1. The number of carboxylic acids is 1. The molecular formula is C14H21NO3.